The Morgan fingerprint density at radius 2 is 1.61 bits per heavy atom. The molecule has 0 radical (unpaired) electrons. The number of rotatable bonds is 9. The van der Waals surface area contributed by atoms with Crippen LogP contribution in [0.5, 0.6) is 5.75 Å². The molecule has 4 heteroatoms. The van der Waals surface area contributed by atoms with Crippen LogP contribution >= 0.6 is 0 Å². The molecule has 4 nitrogen and oxygen atoms in total. The standard InChI is InChI=1S/C29H31N3O.C3H4/c1-4-5-16-26(21-25-19-12-13-20-27(25)33-3)28(30)32(2)29(24-17-10-7-11-18-24)31-22-23-14-8-6-9-15-23;1-3-2/h4-20,22,29-30H,21H2,1-3H3;1H,2H3/b5-4-,26-16+,30-28?,31-22+;/t29-;/m1./s1. The van der Waals surface area contributed by atoms with E-state index >= 15 is 0 Å². The predicted octanol–water partition coefficient (Wildman–Crippen LogP) is 7.11. The van der Waals surface area contributed by atoms with Crippen molar-refractivity contribution in [1.82, 2.24) is 4.90 Å². The fourth-order valence-electron chi connectivity index (χ4n) is 3.57. The molecule has 1 atom stereocenters. The summed E-state index contributed by atoms with van der Waals surface area (Å²) in [5.41, 5.74) is 3.98. The number of benzene rings is 3. The fraction of sp³-hybridized carbons (Fsp3) is 0.188. The maximum absolute atomic E-state index is 9.08. The summed E-state index contributed by atoms with van der Waals surface area (Å²) in [6.45, 7) is 3.63. The van der Waals surface area contributed by atoms with Crippen LogP contribution in [0.15, 0.2) is 114 Å². The lowest BCUT2D eigenvalue weighted by molar-refractivity contribution is 0.386. The largest absolute Gasteiger partial charge is 0.496 e. The van der Waals surface area contributed by atoms with E-state index in [-0.39, 0.29) is 6.17 Å². The number of likely N-dealkylation sites (N-methyl/N-ethyl adjacent to an activating group) is 1. The lowest BCUT2D eigenvalue weighted by Gasteiger charge is -2.29. The number of methoxy groups -OCH3 is 1. The van der Waals surface area contributed by atoms with Crippen molar-refractivity contribution in [2.75, 3.05) is 14.2 Å². The number of aliphatic imine (C=N–C) groups is 1. The molecule has 0 aliphatic rings. The maximum atomic E-state index is 9.08. The molecule has 3 aromatic carbocycles. The van der Waals surface area contributed by atoms with E-state index in [0.717, 1.165) is 28.0 Å². The number of ether oxygens (including phenoxy) is 1. The van der Waals surface area contributed by atoms with Crippen LogP contribution in [0.4, 0.5) is 0 Å². The third-order valence-electron chi connectivity index (χ3n) is 5.35. The number of terminal acetylenes is 1. The molecular weight excluding hydrogens is 442 g/mol. The quantitative estimate of drug-likeness (QED) is 0.155. The van der Waals surface area contributed by atoms with Gasteiger partial charge >= 0.3 is 0 Å². The molecule has 0 amide bonds. The molecule has 0 saturated carbocycles. The summed E-state index contributed by atoms with van der Waals surface area (Å²) in [5.74, 6) is 3.49. The average molecular weight is 478 g/mol. The van der Waals surface area contributed by atoms with E-state index in [1.165, 1.54) is 0 Å². The van der Waals surface area contributed by atoms with Gasteiger partial charge in [0.1, 0.15) is 17.8 Å². The van der Waals surface area contributed by atoms with Gasteiger partial charge in [-0.3, -0.25) is 10.4 Å². The molecule has 0 aromatic heterocycles. The highest BCUT2D eigenvalue weighted by Gasteiger charge is 2.21. The normalized spacial score (nSPS) is 11.9. The Labute approximate surface area is 216 Å². The van der Waals surface area contributed by atoms with Crippen LogP contribution in [0.2, 0.25) is 0 Å². The molecule has 0 aliphatic carbocycles. The SMILES string of the molecule is C#CC.C/C=C\C=C(/Cc1ccccc1OC)C(=N)N(C)[C@@H](/N=C/c1ccccc1)c1ccccc1. The Balaban J connectivity index is 0.00000145. The van der Waals surface area contributed by atoms with Gasteiger partial charge in [0.25, 0.3) is 0 Å². The van der Waals surface area contributed by atoms with Crippen LogP contribution in [0.3, 0.4) is 0 Å². The molecule has 3 aromatic rings. The first-order chi connectivity index (χ1) is 17.5. The van der Waals surface area contributed by atoms with Gasteiger partial charge in [0.2, 0.25) is 0 Å². The molecule has 3 rings (SSSR count). The number of nitrogens with zero attached hydrogens (tertiary/aromatic N) is 2. The van der Waals surface area contributed by atoms with Crippen molar-refractivity contribution in [3.8, 4) is 18.1 Å². The van der Waals surface area contributed by atoms with Crippen molar-refractivity contribution < 1.29 is 4.74 Å². The van der Waals surface area contributed by atoms with Crippen molar-refractivity contribution in [2.45, 2.75) is 26.4 Å². The van der Waals surface area contributed by atoms with E-state index in [0.29, 0.717) is 12.3 Å². The van der Waals surface area contributed by atoms with E-state index in [1.807, 2.05) is 128 Å². The summed E-state index contributed by atoms with van der Waals surface area (Å²) in [7, 11) is 3.60. The first kappa shape index (κ1) is 27.9. The number of para-hydroxylation sites is 1. The Kier molecular flexibility index (Phi) is 12.0. The van der Waals surface area contributed by atoms with Gasteiger partial charge in [-0.15, -0.1) is 12.3 Å². The zero-order valence-electron chi connectivity index (χ0n) is 21.6. The fourth-order valence-corrected chi connectivity index (χ4v) is 3.57. The Hall–Kier alpha value is -4.36. The molecule has 0 unspecified atom stereocenters. The molecule has 184 valence electrons. The molecule has 0 saturated heterocycles. The van der Waals surface area contributed by atoms with Gasteiger partial charge in [-0.2, -0.15) is 0 Å². The molecule has 0 aliphatic heterocycles. The lowest BCUT2D eigenvalue weighted by atomic mass is 10.0. The van der Waals surface area contributed by atoms with Crippen LogP contribution in [-0.4, -0.2) is 31.1 Å². The second-order valence-corrected chi connectivity index (χ2v) is 7.93. The van der Waals surface area contributed by atoms with E-state index in [1.54, 1.807) is 14.0 Å². The van der Waals surface area contributed by atoms with Crippen molar-refractivity contribution in [3.05, 3.63) is 125 Å². The molecular formula is C32H35N3O. The van der Waals surface area contributed by atoms with Crippen molar-refractivity contribution in [3.63, 3.8) is 0 Å². The van der Waals surface area contributed by atoms with Crippen LogP contribution in [-0.2, 0) is 6.42 Å². The molecule has 36 heavy (non-hydrogen) atoms. The highest BCUT2D eigenvalue weighted by Crippen LogP contribution is 2.26. The van der Waals surface area contributed by atoms with Crippen LogP contribution < -0.4 is 4.74 Å². The summed E-state index contributed by atoms with van der Waals surface area (Å²) in [5, 5.41) is 9.08. The lowest BCUT2D eigenvalue weighted by Crippen LogP contribution is -2.31. The zero-order chi connectivity index (χ0) is 26.2. The Bertz CT molecular complexity index is 1200. The van der Waals surface area contributed by atoms with E-state index in [2.05, 4.69) is 12.3 Å². The summed E-state index contributed by atoms with van der Waals surface area (Å²) in [6.07, 6.45) is 12.7. The highest BCUT2D eigenvalue weighted by atomic mass is 16.5. The number of amidine groups is 1. The van der Waals surface area contributed by atoms with Gasteiger partial charge < -0.3 is 9.64 Å². The molecule has 0 bridgehead atoms. The minimum atomic E-state index is -0.328. The van der Waals surface area contributed by atoms with Gasteiger partial charge in [-0.05, 0) is 42.2 Å². The van der Waals surface area contributed by atoms with Gasteiger partial charge in [0.05, 0.1) is 7.11 Å². The topological polar surface area (TPSA) is 48.7 Å². The second kappa shape index (κ2) is 15.5. The Morgan fingerprint density at radius 1 is 1.03 bits per heavy atom. The smallest absolute Gasteiger partial charge is 0.147 e. The molecule has 1 N–H and O–H groups in total. The third kappa shape index (κ3) is 8.45. The monoisotopic (exact) mass is 477 g/mol. The molecule has 0 spiro atoms. The Morgan fingerprint density at radius 3 is 2.22 bits per heavy atom. The zero-order valence-corrected chi connectivity index (χ0v) is 21.6. The van der Waals surface area contributed by atoms with E-state index in [9.17, 15) is 0 Å². The minimum absolute atomic E-state index is 0.328. The first-order valence-electron chi connectivity index (χ1n) is 11.8. The van der Waals surface area contributed by atoms with Gasteiger partial charge in [0.15, 0.2) is 0 Å². The summed E-state index contributed by atoms with van der Waals surface area (Å²) >= 11 is 0. The van der Waals surface area contributed by atoms with Crippen molar-refractivity contribution in [1.29, 1.82) is 5.41 Å². The summed E-state index contributed by atoms with van der Waals surface area (Å²) in [4.78, 5) is 6.80. The maximum Gasteiger partial charge on any atom is 0.147 e. The number of allylic oxidation sites excluding steroid dienone is 3. The van der Waals surface area contributed by atoms with Gasteiger partial charge in [-0.25, -0.2) is 0 Å². The molecule has 0 heterocycles. The average Bonchev–Trinajstić information content (AvgIpc) is 2.92. The van der Waals surface area contributed by atoms with E-state index < -0.39 is 0 Å². The van der Waals surface area contributed by atoms with Crippen LogP contribution in [0.1, 0.15) is 36.7 Å². The van der Waals surface area contributed by atoms with Crippen molar-refractivity contribution in [2.24, 2.45) is 4.99 Å². The second-order valence-electron chi connectivity index (χ2n) is 7.93. The number of hydrogen-bond donors (Lipinski definition) is 1. The van der Waals surface area contributed by atoms with Gasteiger partial charge in [-0.1, -0.05) is 97.1 Å². The van der Waals surface area contributed by atoms with Crippen LogP contribution in [0.25, 0.3) is 0 Å². The number of nitrogens with one attached hydrogen (secondary N) is 1. The van der Waals surface area contributed by atoms with Crippen LogP contribution in [0, 0.1) is 17.8 Å². The highest BCUT2D eigenvalue weighted by molar-refractivity contribution is 5.97. The summed E-state index contributed by atoms with van der Waals surface area (Å²) < 4.78 is 5.54. The first-order valence-corrected chi connectivity index (χ1v) is 11.8. The predicted molar refractivity (Wildman–Crippen MR) is 153 cm³/mol. The third-order valence-corrected chi connectivity index (χ3v) is 5.35. The summed E-state index contributed by atoms with van der Waals surface area (Å²) in [6, 6.07) is 28.1. The minimum Gasteiger partial charge on any atom is -0.496 e. The van der Waals surface area contributed by atoms with Crippen molar-refractivity contribution >= 4 is 12.1 Å². The number of hydrogen-bond acceptors (Lipinski definition) is 3. The molecule has 0 fully saturated rings. The van der Waals surface area contributed by atoms with Gasteiger partial charge in [0, 0.05) is 19.7 Å². The van der Waals surface area contributed by atoms with E-state index in [4.69, 9.17) is 15.1 Å².